The zero-order valence-corrected chi connectivity index (χ0v) is 19.7. The van der Waals surface area contributed by atoms with E-state index in [2.05, 4.69) is 82.8 Å². The monoisotopic (exact) mass is 407 g/mol. The third kappa shape index (κ3) is 4.40. The van der Waals surface area contributed by atoms with Crippen LogP contribution in [0.3, 0.4) is 0 Å². The molecule has 2 aromatic carbocycles. The Bertz CT molecular complexity index is 877. The Kier molecular flexibility index (Phi) is 6.59. The molecule has 1 aliphatic rings. The van der Waals surface area contributed by atoms with Gasteiger partial charge in [0.2, 0.25) is 5.91 Å². The number of amides is 1. The van der Waals surface area contributed by atoms with Gasteiger partial charge < -0.3 is 9.64 Å². The Morgan fingerprint density at radius 1 is 1.07 bits per heavy atom. The molecule has 0 saturated carbocycles. The fourth-order valence-corrected chi connectivity index (χ4v) is 5.43. The summed E-state index contributed by atoms with van der Waals surface area (Å²) in [6, 6.07) is 14.7. The minimum Gasteiger partial charge on any atom is -0.496 e. The maximum Gasteiger partial charge on any atom is 0.229 e. The lowest BCUT2D eigenvalue weighted by Crippen LogP contribution is -2.50. The van der Waals surface area contributed by atoms with Crippen LogP contribution in [0.2, 0.25) is 0 Å². The molecule has 0 aromatic heterocycles. The molecule has 0 bridgehead atoms. The lowest BCUT2D eigenvalue weighted by atomic mass is 9.68. The summed E-state index contributed by atoms with van der Waals surface area (Å²) < 4.78 is 5.84. The molecule has 1 fully saturated rings. The van der Waals surface area contributed by atoms with E-state index in [0.29, 0.717) is 11.8 Å². The first-order valence-electron chi connectivity index (χ1n) is 11.1. The summed E-state index contributed by atoms with van der Waals surface area (Å²) in [7, 11) is 1.72. The molecule has 3 atom stereocenters. The molecule has 3 unspecified atom stereocenters. The highest BCUT2D eigenvalue weighted by Crippen LogP contribution is 2.47. The third-order valence-corrected chi connectivity index (χ3v) is 6.56. The van der Waals surface area contributed by atoms with E-state index in [0.717, 1.165) is 30.0 Å². The summed E-state index contributed by atoms with van der Waals surface area (Å²) in [5.41, 5.74) is 4.00. The fourth-order valence-electron chi connectivity index (χ4n) is 5.43. The molecule has 30 heavy (non-hydrogen) atoms. The summed E-state index contributed by atoms with van der Waals surface area (Å²) in [6.45, 7) is 14.6. The zero-order chi connectivity index (χ0) is 22.1. The van der Waals surface area contributed by atoms with E-state index in [1.54, 1.807) is 7.11 Å². The predicted octanol–water partition coefficient (Wildman–Crippen LogP) is 5.97. The van der Waals surface area contributed by atoms with Crippen LogP contribution in [0.1, 0.15) is 62.3 Å². The Hall–Kier alpha value is -2.29. The van der Waals surface area contributed by atoms with Crippen LogP contribution < -0.4 is 4.74 Å². The SMILES string of the molecule is COc1cc(C)cc(C)c1C(c1ccccc1)C(C)(C)C(=O)N1CC(C)CC(C)C1. The highest BCUT2D eigenvalue weighted by molar-refractivity contribution is 5.84. The molecule has 1 heterocycles. The standard InChI is InChI=1S/C27H37NO2/c1-18-14-21(4)24(23(15-18)30-7)25(22-11-9-8-10-12-22)27(5,6)26(29)28-16-19(2)13-20(3)17-28/h8-12,14-15,19-20,25H,13,16-17H2,1-7H3. The molecule has 1 saturated heterocycles. The van der Waals surface area contributed by atoms with Crippen molar-refractivity contribution >= 4 is 5.91 Å². The quantitative estimate of drug-likeness (QED) is 0.611. The van der Waals surface area contributed by atoms with Crippen molar-refractivity contribution < 1.29 is 9.53 Å². The van der Waals surface area contributed by atoms with Gasteiger partial charge in [0.15, 0.2) is 0 Å². The molecule has 3 heteroatoms. The summed E-state index contributed by atoms with van der Waals surface area (Å²) in [6.07, 6.45) is 1.19. The second-order valence-corrected chi connectivity index (χ2v) is 9.92. The molecule has 0 N–H and O–H groups in total. The first kappa shape index (κ1) is 22.4. The van der Waals surface area contributed by atoms with Crippen molar-refractivity contribution in [2.45, 2.75) is 53.9 Å². The van der Waals surface area contributed by atoms with Crippen molar-refractivity contribution in [3.8, 4) is 5.75 Å². The minimum atomic E-state index is -0.606. The molecule has 0 spiro atoms. The normalized spacial score (nSPS) is 20.7. The third-order valence-electron chi connectivity index (χ3n) is 6.56. The summed E-state index contributed by atoms with van der Waals surface area (Å²) in [5.74, 6) is 2.09. The van der Waals surface area contributed by atoms with Gasteiger partial charge in [-0.05, 0) is 54.9 Å². The maximum absolute atomic E-state index is 14.0. The second kappa shape index (κ2) is 8.83. The van der Waals surface area contributed by atoms with Crippen LogP contribution in [0.4, 0.5) is 0 Å². The van der Waals surface area contributed by atoms with Crippen LogP contribution in [0.25, 0.3) is 0 Å². The van der Waals surface area contributed by atoms with Gasteiger partial charge in [0.1, 0.15) is 5.75 Å². The van der Waals surface area contributed by atoms with Gasteiger partial charge in [0.25, 0.3) is 0 Å². The molecule has 2 aromatic rings. The van der Waals surface area contributed by atoms with Gasteiger partial charge in [0, 0.05) is 24.6 Å². The van der Waals surface area contributed by atoms with Gasteiger partial charge in [-0.2, -0.15) is 0 Å². The fraction of sp³-hybridized carbons (Fsp3) is 0.519. The van der Waals surface area contributed by atoms with Gasteiger partial charge in [-0.3, -0.25) is 4.79 Å². The number of nitrogens with zero attached hydrogens (tertiary/aromatic N) is 1. The minimum absolute atomic E-state index is 0.0886. The highest BCUT2D eigenvalue weighted by atomic mass is 16.5. The average molecular weight is 408 g/mol. The number of methoxy groups -OCH3 is 1. The number of ether oxygens (including phenoxy) is 1. The van der Waals surface area contributed by atoms with E-state index in [1.807, 2.05) is 6.07 Å². The predicted molar refractivity (Wildman–Crippen MR) is 124 cm³/mol. The first-order valence-corrected chi connectivity index (χ1v) is 11.1. The number of benzene rings is 2. The number of rotatable bonds is 5. The maximum atomic E-state index is 14.0. The van der Waals surface area contributed by atoms with Crippen LogP contribution in [-0.2, 0) is 4.79 Å². The number of piperidine rings is 1. The van der Waals surface area contributed by atoms with Crippen molar-refractivity contribution in [2.75, 3.05) is 20.2 Å². The van der Waals surface area contributed by atoms with E-state index >= 15 is 0 Å². The van der Waals surface area contributed by atoms with Crippen molar-refractivity contribution in [3.63, 3.8) is 0 Å². The largest absolute Gasteiger partial charge is 0.496 e. The van der Waals surface area contributed by atoms with Gasteiger partial charge >= 0.3 is 0 Å². The second-order valence-electron chi connectivity index (χ2n) is 9.92. The molecule has 0 aliphatic carbocycles. The summed E-state index contributed by atoms with van der Waals surface area (Å²) >= 11 is 0. The van der Waals surface area contributed by atoms with Crippen molar-refractivity contribution in [3.05, 3.63) is 64.7 Å². The Balaban J connectivity index is 2.13. The van der Waals surface area contributed by atoms with Gasteiger partial charge in [-0.25, -0.2) is 0 Å². The average Bonchev–Trinajstić information content (AvgIpc) is 2.68. The van der Waals surface area contributed by atoms with E-state index in [4.69, 9.17) is 4.74 Å². The van der Waals surface area contributed by atoms with Gasteiger partial charge in [0.05, 0.1) is 12.5 Å². The molecule has 1 aliphatic heterocycles. The lowest BCUT2D eigenvalue weighted by Gasteiger charge is -2.43. The highest BCUT2D eigenvalue weighted by Gasteiger charge is 2.44. The van der Waals surface area contributed by atoms with E-state index in [1.165, 1.54) is 17.5 Å². The van der Waals surface area contributed by atoms with Gasteiger partial charge in [-0.15, -0.1) is 0 Å². The van der Waals surface area contributed by atoms with E-state index in [-0.39, 0.29) is 11.8 Å². The Morgan fingerprint density at radius 3 is 2.23 bits per heavy atom. The number of aryl methyl sites for hydroxylation is 2. The van der Waals surface area contributed by atoms with Crippen molar-refractivity contribution in [2.24, 2.45) is 17.3 Å². The van der Waals surface area contributed by atoms with Crippen molar-refractivity contribution in [1.82, 2.24) is 4.90 Å². The van der Waals surface area contributed by atoms with Crippen LogP contribution in [0, 0.1) is 31.1 Å². The first-order chi connectivity index (χ1) is 14.1. The van der Waals surface area contributed by atoms with Crippen molar-refractivity contribution in [1.29, 1.82) is 0 Å². The Morgan fingerprint density at radius 2 is 1.67 bits per heavy atom. The summed E-state index contributed by atoms with van der Waals surface area (Å²) in [4.78, 5) is 16.1. The van der Waals surface area contributed by atoms with Crippen LogP contribution >= 0.6 is 0 Å². The number of likely N-dealkylation sites (tertiary alicyclic amines) is 1. The van der Waals surface area contributed by atoms with E-state index < -0.39 is 5.41 Å². The smallest absolute Gasteiger partial charge is 0.229 e. The molecule has 0 radical (unpaired) electrons. The Labute approximate surface area is 182 Å². The molecule has 3 rings (SSSR count). The van der Waals surface area contributed by atoms with Crippen LogP contribution in [0.15, 0.2) is 42.5 Å². The number of carbonyl (C=O) groups is 1. The number of hydrogen-bond acceptors (Lipinski definition) is 2. The molecule has 1 amide bonds. The molecule has 162 valence electrons. The molecular weight excluding hydrogens is 370 g/mol. The van der Waals surface area contributed by atoms with Crippen LogP contribution in [-0.4, -0.2) is 31.0 Å². The number of hydrogen-bond donors (Lipinski definition) is 0. The van der Waals surface area contributed by atoms with E-state index in [9.17, 15) is 4.79 Å². The molecular formula is C27H37NO2. The topological polar surface area (TPSA) is 29.5 Å². The van der Waals surface area contributed by atoms with Gasteiger partial charge in [-0.1, -0.05) is 64.1 Å². The zero-order valence-electron chi connectivity index (χ0n) is 19.7. The molecule has 3 nitrogen and oxygen atoms in total. The number of carbonyl (C=O) groups excluding carboxylic acids is 1. The lowest BCUT2D eigenvalue weighted by molar-refractivity contribution is -0.144. The van der Waals surface area contributed by atoms with Crippen LogP contribution in [0.5, 0.6) is 5.75 Å². The summed E-state index contributed by atoms with van der Waals surface area (Å²) in [5, 5.41) is 0.